The molecule has 0 atom stereocenters. The molecule has 0 aliphatic rings. The lowest BCUT2D eigenvalue weighted by Gasteiger charge is -2.01. The minimum Gasteiger partial charge on any atom is -0.376 e. The third kappa shape index (κ3) is 3.57. The fourth-order valence-electron chi connectivity index (χ4n) is 0.825. The van der Waals surface area contributed by atoms with E-state index < -0.39 is 0 Å². The molecule has 12 heavy (non-hydrogen) atoms. The van der Waals surface area contributed by atoms with Crippen LogP contribution in [-0.4, -0.2) is 11.9 Å². The Morgan fingerprint density at radius 2 is 1.92 bits per heavy atom. The Morgan fingerprint density at radius 3 is 2.50 bits per heavy atom. The highest BCUT2D eigenvalue weighted by Crippen LogP contribution is 2.10. The third-order valence-corrected chi connectivity index (χ3v) is 1.98. The lowest BCUT2D eigenvalue weighted by Crippen LogP contribution is -1.95. The molecular formula is C9H10BrClO. The van der Waals surface area contributed by atoms with Crippen molar-refractivity contribution in [3.05, 3.63) is 34.9 Å². The fraction of sp³-hybridized carbons (Fsp3) is 0.333. The van der Waals surface area contributed by atoms with Crippen molar-refractivity contribution in [1.29, 1.82) is 0 Å². The van der Waals surface area contributed by atoms with E-state index in [0.29, 0.717) is 6.61 Å². The maximum atomic E-state index is 5.72. The average molecular weight is 250 g/mol. The molecule has 0 saturated heterocycles. The molecule has 0 heterocycles. The smallest absolute Gasteiger partial charge is 0.0717 e. The van der Waals surface area contributed by atoms with Gasteiger partial charge in [0.15, 0.2) is 0 Å². The topological polar surface area (TPSA) is 9.23 Å². The molecule has 0 N–H and O–H groups in total. The van der Waals surface area contributed by atoms with Crippen LogP contribution in [0.4, 0.5) is 0 Å². The van der Waals surface area contributed by atoms with Crippen molar-refractivity contribution in [3.8, 4) is 0 Å². The highest BCUT2D eigenvalue weighted by Gasteiger charge is 1.92. The van der Waals surface area contributed by atoms with Crippen molar-refractivity contribution < 1.29 is 4.74 Å². The summed E-state index contributed by atoms with van der Waals surface area (Å²) in [4.78, 5) is 0. The van der Waals surface area contributed by atoms with Crippen LogP contribution in [-0.2, 0) is 11.3 Å². The number of halogens is 2. The molecule has 1 rings (SSSR count). The summed E-state index contributed by atoms with van der Waals surface area (Å²) in [5.41, 5.74) is 1.15. The summed E-state index contributed by atoms with van der Waals surface area (Å²) in [5, 5.41) is 1.64. The second kappa shape index (κ2) is 5.57. The maximum Gasteiger partial charge on any atom is 0.0717 e. The first kappa shape index (κ1) is 10.0. The molecule has 0 radical (unpaired) electrons. The SMILES string of the molecule is Clc1ccc(COCCBr)cc1. The van der Waals surface area contributed by atoms with Crippen LogP contribution in [0.5, 0.6) is 0 Å². The second-order valence-electron chi connectivity index (χ2n) is 2.37. The van der Waals surface area contributed by atoms with Gasteiger partial charge in [-0.3, -0.25) is 0 Å². The van der Waals surface area contributed by atoms with Gasteiger partial charge in [0.1, 0.15) is 0 Å². The van der Waals surface area contributed by atoms with Crippen LogP contribution in [0.15, 0.2) is 24.3 Å². The lowest BCUT2D eigenvalue weighted by atomic mass is 10.2. The molecule has 0 spiro atoms. The van der Waals surface area contributed by atoms with Gasteiger partial charge in [-0.2, -0.15) is 0 Å². The average Bonchev–Trinajstić information content (AvgIpc) is 2.09. The predicted octanol–water partition coefficient (Wildman–Crippen LogP) is 3.25. The molecular weight excluding hydrogens is 239 g/mol. The van der Waals surface area contributed by atoms with Crippen molar-refractivity contribution in [2.24, 2.45) is 0 Å². The van der Waals surface area contributed by atoms with Crippen LogP contribution < -0.4 is 0 Å². The lowest BCUT2D eigenvalue weighted by molar-refractivity contribution is 0.137. The number of alkyl halides is 1. The Balaban J connectivity index is 2.37. The first-order valence-electron chi connectivity index (χ1n) is 3.71. The van der Waals surface area contributed by atoms with Crippen molar-refractivity contribution in [1.82, 2.24) is 0 Å². The molecule has 0 amide bonds. The van der Waals surface area contributed by atoms with E-state index in [4.69, 9.17) is 16.3 Å². The molecule has 1 nitrogen and oxygen atoms in total. The molecule has 0 aliphatic carbocycles. The van der Waals surface area contributed by atoms with Crippen LogP contribution in [0.3, 0.4) is 0 Å². The van der Waals surface area contributed by atoms with Gasteiger partial charge in [0.05, 0.1) is 13.2 Å². The van der Waals surface area contributed by atoms with Gasteiger partial charge in [-0.25, -0.2) is 0 Å². The standard InChI is InChI=1S/C9H10BrClO/c10-5-6-12-7-8-1-3-9(11)4-2-8/h1-4H,5-7H2. The summed E-state index contributed by atoms with van der Waals surface area (Å²) in [6.07, 6.45) is 0. The normalized spacial score (nSPS) is 10.2. The minimum atomic E-state index is 0.656. The Bertz CT molecular complexity index is 222. The van der Waals surface area contributed by atoms with E-state index in [2.05, 4.69) is 15.9 Å². The number of hydrogen-bond donors (Lipinski definition) is 0. The summed E-state index contributed by atoms with van der Waals surface area (Å²) in [7, 11) is 0. The Morgan fingerprint density at radius 1 is 1.25 bits per heavy atom. The van der Waals surface area contributed by atoms with E-state index >= 15 is 0 Å². The van der Waals surface area contributed by atoms with E-state index in [9.17, 15) is 0 Å². The highest BCUT2D eigenvalue weighted by molar-refractivity contribution is 9.09. The Hall–Kier alpha value is -0.0500. The number of hydrogen-bond acceptors (Lipinski definition) is 1. The first-order valence-corrected chi connectivity index (χ1v) is 5.21. The Kier molecular flexibility index (Phi) is 4.66. The fourth-order valence-corrected chi connectivity index (χ4v) is 1.18. The third-order valence-electron chi connectivity index (χ3n) is 1.40. The van der Waals surface area contributed by atoms with Crippen LogP contribution in [0.25, 0.3) is 0 Å². The molecule has 0 fully saturated rings. The molecule has 0 unspecified atom stereocenters. The summed E-state index contributed by atoms with van der Waals surface area (Å²) >= 11 is 9.01. The van der Waals surface area contributed by atoms with Crippen LogP contribution >= 0.6 is 27.5 Å². The minimum absolute atomic E-state index is 0.656. The highest BCUT2D eigenvalue weighted by atomic mass is 79.9. The van der Waals surface area contributed by atoms with Gasteiger partial charge in [0, 0.05) is 10.4 Å². The number of rotatable bonds is 4. The van der Waals surface area contributed by atoms with Gasteiger partial charge < -0.3 is 4.74 Å². The molecule has 1 aromatic rings. The summed E-state index contributed by atoms with van der Waals surface area (Å²) < 4.78 is 5.32. The van der Waals surface area contributed by atoms with Gasteiger partial charge in [0.2, 0.25) is 0 Å². The molecule has 0 aromatic heterocycles. The predicted molar refractivity (Wildman–Crippen MR) is 54.9 cm³/mol. The molecule has 1 aromatic carbocycles. The van der Waals surface area contributed by atoms with Crippen LogP contribution in [0, 0.1) is 0 Å². The first-order chi connectivity index (χ1) is 5.83. The number of ether oxygens (including phenoxy) is 1. The van der Waals surface area contributed by atoms with Crippen LogP contribution in [0.1, 0.15) is 5.56 Å². The molecule has 0 saturated carbocycles. The van der Waals surface area contributed by atoms with Gasteiger partial charge >= 0.3 is 0 Å². The van der Waals surface area contributed by atoms with E-state index in [-0.39, 0.29) is 0 Å². The van der Waals surface area contributed by atoms with Gasteiger partial charge in [-0.05, 0) is 17.7 Å². The van der Waals surface area contributed by atoms with E-state index in [1.807, 2.05) is 24.3 Å². The molecule has 0 bridgehead atoms. The zero-order chi connectivity index (χ0) is 8.81. The monoisotopic (exact) mass is 248 g/mol. The molecule has 66 valence electrons. The van der Waals surface area contributed by atoms with Crippen molar-refractivity contribution in [3.63, 3.8) is 0 Å². The maximum absolute atomic E-state index is 5.72. The largest absolute Gasteiger partial charge is 0.376 e. The summed E-state index contributed by atoms with van der Waals surface area (Å²) in [6.45, 7) is 1.39. The van der Waals surface area contributed by atoms with E-state index in [1.54, 1.807) is 0 Å². The van der Waals surface area contributed by atoms with E-state index in [1.165, 1.54) is 0 Å². The Labute approximate surface area is 85.8 Å². The zero-order valence-electron chi connectivity index (χ0n) is 6.59. The van der Waals surface area contributed by atoms with Gasteiger partial charge in [-0.1, -0.05) is 39.7 Å². The quantitative estimate of drug-likeness (QED) is 0.588. The van der Waals surface area contributed by atoms with E-state index in [0.717, 1.165) is 22.5 Å². The zero-order valence-corrected chi connectivity index (χ0v) is 8.94. The summed E-state index contributed by atoms with van der Waals surface area (Å²) in [5.74, 6) is 0. The van der Waals surface area contributed by atoms with Crippen molar-refractivity contribution in [2.75, 3.05) is 11.9 Å². The molecule has 3 heteroatoms. The molecule has 0 aliphatic heterocycles. The van der Waals surface area contributed by atoms with Crippen molar-refractivity contribution >= 4 is 27.5 Å². The number of benzene rings is 1. The van der Waals surface area contributed by atoms with Gasteiger partial charge in [0.25, 0.3) is 0 Å². The van der Waals surface area contributed by atoms with Crippen LogP contribution in [0.2, 0.25) is 5.02 Å². The van der Waals surface area contributed by atoms with Gasteiger partial charge in [-0.15, -0.1) is 0 Å². The van der Waals surface area contributed by atoms with Crippen molar-refractivity contribution in [2.45, 2.75) is 6.61 Å². The second-order valence-corrected chi connectivity index (χ2v) is 3.60. The summed E-state index contributed by atoms with van der Waals surface area (Å²) in [6, 6.07) is 7.68.